The Labute approximate surface area is 150 Å². The van der Waals surface area contributed by atoms with Crippen LogP contribution in [0.4, 0.5) is 5.69 Å². The summed E-state index contributed by atoms with van der Waals surface area (Å²) in [6.45, 7) is 5.20. The molecule has 0 aliphatic rings. The molecule has 0 fully saturated rings. The zero-order valence-corrected chi connectivity index (χ0v) is 15.4. The SMILES string of the molecule is Cc1ccn2nc(S(=O)(=O)N(C)c3c(C(=O)O)ccc(C)c3C)nc2n1. The summed E-state index contributed by atoms with van der Waals surface area (Å²) in [5, 5.41) is 13.0. The predicted octanol–water partition coefficient (Wildman–Crippen LogP) is 1.57. The number of carboxylic acid groups (broad SMARTS) is 1. The number of carboxylic acids is 1. The number of nitrogens with zero attached hydrogens (tertiary/aromatic N) is 5. The minimum atomic E-state index is -4.18. The second-order valence-corrected chi connectivity index (χ2v) is 7.75. The molecule has 1 N–H and O–H groups in total. The van der Waals surface area contributed by atoms with Gasteiger partial charge in [0.1, 0.15) is 0 Å². The van der Waals surface area contributed by atoms with Crippen LogP contribution in [0.5, 0.6) is 0 Å². The summed E-state index contributed by atoms with van der Waals surface area (Å²) in [7, 11) is -2.89. The highest BCUT2D eigenvalue weighted by Gasteiger charge is 2.31. The van der Waals surface area contributed by atoms with Crippen LogP contribution in [-0.2, 0) is 10.0 Å². The average Bonchev–Trinajstić information content (AvgIpc) is 3.00. The van der Waals surface area contributed by atoms with Crippen LogP contribution in [0.3, 0.4) is 0 Å². The van der Waals surface area contributed by atoms with Gasteiger partial charge in [-0.3, -0.25) is 4.31 Å². The molecule has 0 radical (unpaired) electrons. The monoisotopic (exact) mass is 375 g/mol. The molecule has 0 amide bonds. The number of benzene rings is 1. The lowest BCUT2D eigenvalue weighted by Gasteiger charge is -2.22. The number of aromatic carboxylic acids is 1. The number of aromatic nitrogens is 4. The summed E-state index contributed by atoms with van der Waals surface area (Å²) in [6, 6.07) is 4.70. The first kappa shape index (κ1) is 17.8. The second-order valence-electron chi connectivity index (χ2n) is 5.89. The maximum Gasteiger partial charge on any atom is 0.337 e. The third kappa shape index (κ3) is 2.77. The van der Waals surface area contributed by atoms with Crippen LogP contribution >= 0.6 is 0 Å². The van der Waals surface area contributed by atoms with E-state index in [1.807, 2.05) is 0 Å². The summed E-state index contributed by atoms with van der Waals surface area (Å²) in [5.74, 6) is -1.07. The summed E-state index contributed by atoms with van der Waals surface area (Å²) >= 11 is 0. The Kier molecular flexibility index (Phi) is 4.15. The van der Waals surface area contributed by atoms with Gasteiger partial charge in [0.2, 0.25) is 0 Å². The van der Waals surface area contributed by atoms with E-state index in [0.717, 1.165) is 9.87 Å². The molecule has 1 aromatic carbocycles. The molecule has 0 bridgehead atoms. The van der Waals surface area contributed by atoms with Gasteiger partial charge in [0.15, 0.2) is 0 Å². The number of sulfonamides is 1. The Morgan fingerprint density at radius 2 is 1.85 bits per heavy atom. The first-order valence-corrected chi connectivity index (χ1v) is 9.09. The first-order valence-electron chi connectivity index (χ1n) is 7.65. The van der Waals surface area contributed by atoms with Crippen LogP contribution in [0, 0.1) is 20.8 Å². The van der Waals surface area contributed by atoms with Crippen LogP contribution in [0.25, 0.3) is 5.78 Å². The lowest BCUT2D eigenvalue weighted by atomic mass is 10.0. The molecule has 0 saturated heterocycles. The third-order valence-corrected chi connectivity index (χ3v) is 5.70. The molecule has 0 unspecified atom stereocenters. The topological polar surface area (TPSA) is 118 Å². The predicted molar refractivity (Wildman–Crippen MR) is 94.0 cm³/mol. The number of hydrogen-bond acceptors (Lipinski definition) is 6. The van der Waals surface area contributed by atoms with Gasteiger partial charge in [-0.25, -0.2) is 14.3 Å². The quantitative estimate of drug-likeness (QED) is 0.735. The molecule has 136 valence electrons. The number of hydrogen-bond donors (Lipinski definition) is 1. The maximum absolute atomic E-state index is 13.0. The average molecular weight is 375 g/mol. The standard InChI is InChI=1S/C16H17N5O4S/c1-9-5-6-12(14(22)23)13(11(9)3)20(4)26(24,25)16-18-15-17-10(2)7-8-21(15)19-16/h5-8H,1-4H3,(H,22,23). The lowest BCUT2D eigenvalue weighted by Crippen LogP contribution is -2.30. The Bertz CT molecular complexity index is 1140. The number of rotatable bonds is 4. The van der Waals surface area contributed by atoms with Crippen molar-refractivity contribution in [1.29, 1.82) is 0 Å². The molecular weight excluding hydrogens is 358 g/mol. The summed E-state index contributed by atoms with van der Waals surface area (Å²) < 4.78 is 28.1. The van der Waals surface area contributed by atoms with Crippen LogP contribution in [0.15, 0.2) is 29.6 Å². The van der Waals surface area contributed by atoms with Crippen LogP contribution < -0.4 is 4.31 Å². The Morgan fingerprint density at radius 3 is 2.50 bits per heavy atom. The second kappa shape index (κ2) is 6.06. The van der Waals surface area contributed by atoms with Crippen LogP contribution in [-0.4, -0.2) is 46.1 Å². The normalized spacial score (nSPS) is 11.7. The van der Waals surface area contributed by atoms with Crippen molar-refractivity contribution in [3.05, 3.63) is 46.8 Å². The molecule has 0 aliphatic heterocycles. The molecular formula is C16H17N5O4S. The smallest absolute Gasteiger partial charge is 0.337 e. The molecule has 26 heavy (non-hydrogen) atoms. The highest BCUT2D eigenvalue weighted by atomic mass is 32.2. The van der Waals surface area contributed by atoms with E-state index in [1.165, 1.54) is 17.6 Å². The van der Waals surface area contributed by atoms with Crippen molar-refractivity contribution < 1.29 is 18.3 Å². The number of anilines is 1. The van der Waals surface area contributed by atoms with Crippen molar-refractivity contribution in [2.45, 2.75) is 25.9 Å². The van der Waals surface area contributed by atoms with Crippen molar-refractivity contribution in [2.24, 2.45) is 0 Å². The molecule has 2 heterocycles. The van der Waals surface area contributed by atoms with Crippen molar-refractivity contribution in [3.63, 3.8) is 0 Å². The van der Waals surface area contributed by atoms with Gasteiger partial charge < -0.3 is 5.11 Å². The zero-order valence-electron chi connectivity index (χ0n) is 14.6. The highest BCUT2D eigenvalue weighted by molar-refractivity contribution is 7.92. The zero-order chi connectivity index (χ0) is 19.2. The van der Waals surface area contributed by atoms with Gasteiger partial charge in [-0.1, -0.05) is 6.07 Å². The molecule has 10 heteroatoms. The molecule has 3 rings (SSSR count). The Morgan fingerprint density at radius 1 is 1.15 bits per heavy atom. The molecule has 0 aliphatic carbocycles. The van der Waals surface area contributed by atoms with E-state index in [2.05, 4.69) is 15.1 Å². The van der Waals surface area contributed by atoms with Gasteiger partial charge in [0.05, 0.1) is 11.3 Å². The van der Waals surface area contributed by atoms with Gasteiger partial charge in [0, 0.05) is 18.9 Å². The van der Waals surface area contributed by atoms with Gasteiger partial charge in [-0.05, 0) is 44.0 Å². The third-order valence-electron chi connectivity index (χ3n) is 4.17. The molecule has 2 aromatic heterocycles. The molecule has 0 atom stereocenters. The van der Waals surface area contributed by atoms with Gasteiger partial charge in [0.25, 0.3) is 10.9 Å². The van der Waals surface area contributed by atoms with E-state index in [0.29, 0.717) is 11.3 Å². The van der Waals surface area contributed by atoms with Crippen molar-refractivity contribution in [3.8, 4) is 0 Å². The van der Waals surface area contributed by atoms with E-state index >= 15 is 0 Å². The molecule has 0 saturated carbocycles. The van der Waals surface area contributed by atoms with Crippen molar-refractivity contribution in [1.82, 2.24) is 19.6 Å². The molecule has 0 spiro atoms. The minimum absolute atomic E-state index is 0.0838. The number of carbonyl (C=O) groups is 1. The van der Waals surface area contributed by atoms with Crippen molar-refractivity contribution >= 4 is 27.5 Å². The lowest BCUT2D eigenvalue weighted by molar-refractivity contribution is 0.0697. The van der Waals surface area contributed by atoms with Crippen LogP contribution in [0.1, 0.15) is 27.2 Å². The van der Waals surface area contributed by atoms with E-state index in [-0.39, 0.29) is 17.0 Å². The van der Waals surface area contributed by atoms with E-state index in [1.54, 1.807) is 39.1 Å². The Balaban J connectivity index is 2.18. The van der Waals surface area contributed by atoms with E-state index in [4.69, 9.17) is 0 Å². The summed E-state index contributed by atoms with van der Waals surface area (Å²) in [5.41, 5.74) is 1.96. The number of fused-ring (bicyclic) bond motifs is 1. The van der Waals surface area contributed by atoms with Crippen molar-refractivity contribution in [2.75, 3.05) is 11.4 Å². The van der Waals surface area contributed by atoms with Gasteiger partial charge in [-0.2, -0.15) is 13.4 Å². The highest BCUT2D eigenvalue weighted by Crippen LogP contribution is 2.30. The minimum Gasteiger partial charge on any atom is -0.478 e. The largest absolute Gasteiger partial charge is 0.478 e. The fourth-order valence-corrected chi connectivity index (χ4v) is 3.69. The fraction of sp³-hybridized carbons (Fsp3) is 0.250. The van der Waals surface area contributed by atoms with E-state index in [9.17, 15) is 18.3 Å². The number of aryl methyl sites for hydroxylation is 2. The fourth-order valence-electron chi connectivity index (χ4n) is 2.58. The molecule has 9 nitrogen and oxygen atoms in total. The summed E-state index contributed by atoms with van der Waals surface area (Å²) in [4.78, 5) is 19.7. The summed E-state index contributed by atoms with van der Waals surface area (Å²) in [6.07, 6.45) is 1.56. The van der Waals surface area contributed by atoms with Gasteiger partial charge in [-0.15, -0.1) is 5.10 Å². The Hall–Kier alpha value is -3.01. The van der Waals surface area contributed by atoms with E-state index < -0.39 is 21.1 Å². The van der Waals surface area contributed by atoms with Gasteiger partial charge >= 0.3 is 16.0 Å². The van der Waals surface area contributed by atoms with Crippen LogP contribution in [0.2, 0.25) is 0 Å². The maximum atomic E-state index is 13.0. The first-order chi connectivity index (χ1) is 12.1. The molecule has 3 aromatic rings.